The second kappa shape index (κ2) is 12.2. The van der Waals surface area contributed by atoms with Crippen LogP contribution in [0.25, 0.3) is 0 Å². The number of benzene rings is 2. The number of aromatic nitrogens is 3. The van der Waals surface area contributed by atoms with Gasteiger partial charge in [0.15, 0.2) is 0 Å². The number of nitro benzene ring substituents is 1. The third kappa shape index (κ3) is 6.25. The van der Waals surface area contributed by atoms with Gasteiger partial charge in [-0.25, -0.2) is 14.8 Å². The van der Waals surface area contributed by atoms with Gasteiger partial charge in [-0.1, -0.05) is 35.3 Å². The van der Waals surface area contributed by atoms with Crippen LogP contribution < -0.4 is 25.0 Å². The molecular weight excluding hydrogens is 549 g/mol. The van der Waals surface area contributed by atoms with E-state index in [4.69, 9.17) is 32.7 Å². The molecule has 0 fully saturated rings. The van der Waals surface area contributed by atoms with Gasteiger partial charge in [0.2, 0.25) is 0 Å². The number of pyridine rings is 1. The number of nitrogens with one attached hydrogen (secondary N) is 2. The molecule has 0 atom stereocenters. The molecule has 0 bridgehead atoms. The SMILES string of the molecule is COc1cc(OC)c(Cl)c(NC(=O)N(Cc2ccncc2)c2cc(Nc3ccccc3[N+](=O)[O-])ncn2)c1Cl. The number of nitrogens with zero attached hydrogens (tertiary/aromatic N) is 5. The number of anilines is 4. The molecule has 2 amide bonds. The standard InChI is InChI=1S/C25H21Cl2N7O5/c1-38-18-11-19(39-2)23(27)24(22(18)26)32-25(35)33(13-15-7-9-28-10-8-15)21-12-20(29-14-30-21)31-16-5-3-4-6-17(16)34(36)37/h3-12,14H,13H2,1-2H3,(H,32,35)(H,29,30,31). The molecule has 4 aromatic rings. The molecule has 14 heteroatoms. The molecule has 0 unspecified atom stereocenters. The zero-order chi connectivity index (χ0) is 27.9. The van der Waals surface area contributed by atoms with Crippen LogP contribution in [-0.4, -0.2) is 40.1 Å². The summed E-state index contributed by atoms with van der Waals surface area (Å²) in [5, 5.41) is 17.2. The minimum absolute atomic E-state index is 0.0712. The number of methoxy groups -OCH3 is 2. The maximum atomic E-state index is 13.7. The minimum Gasteiger partial charge on any atom is -0.495 e. The maximum absolute atomic E-state index is 13.7. The van der Waals surface area contributed by atoms with E-state index in [1.807, 2.05) is 0 Å². The van der Waals surface area contributed by atoms with Crippen molar-refractivity contribution in [1.82, 2.24) is 15.0 Å². The van der Waals surface area contributed by atoms with Gasteiger partial charge in [-0.15, -0.1) is 0 Å². The number of amides is 2. The van der Waals surface area contributed by atoms with Crippen LogP contribution in [0.4, 0.5) is 33.5 Å². The summed E-state index contributed by atoms with van der Waals surface area (Å²) in [4.78, 5) is 38.3. The van der Waals surface area contributed by atoms with Gasteiger partial charge in [0.25, 0.3) is 5.69 Å². The van der Waals surface area contributed by atoms with Crippen molar-refractivity contribution in [3.63, 3.8) is 0 Å². The van der Waals surface area contributed by atoms with Crippen molar-refractivity contribution >= 4 is 57.9 Å². The molecule has 2 heterocycles. The monoisotopic (exact) mass is 569 g/mol. The third-order valence-electron chi connectivity index (χ3n) is 5.43. The van der Waals surface area contributed by atoms with Gasteiger partial charge in [-0.05, 0) is 23.8 Å². The third-order valence-corrected chi connectivity index (χ3v) is 6.18. The number of nitro groups is 1. The molecule has 0 spiro atoms. The van der Waals surface area contributed by atoms with Crippen molar-refractivity contribution < 1.29 is 19.2 Å². The molecule has 2 aromatic carbocycles. The van der Waals surface area contributed by atoms with Gasteiger partial charge in [0, 0.05) is 30.6 Å². The second-order valence-corrected chi connectivity index (χ2v) is 8.57. The molecule has 39 heavy (non-hydrogen) atoms. The van der Waals surface area contributed by atoms with E-state index in [9.17, 15) is 14.9 Å². The molecule has 0 radical (unpaired) electrons. The number of rotatable bonds is 9. The highest BCUT2D eigenvalue weighted by Gasteiger charge is 2.24. The zero-order valence-corrected chi connectivity index (χ0v) is 22.1. The molecule has 4 rings (SSSR count). The molecule has 0 saturated heterocycles. The number of ether oxygens (including phenoxy) is 2. The van der Waals surface area contributed by atoms with Crippen molar-refractivity contribution in [2.24, 2.45) is 0 Å². The summed E-state index contributed by atoms with van der Waals surface area (Å²) in [5.41, 5.74) is 0.901. The first-order chi connectivity index (χ1) is 18.8. The average molecular weight is 570 g/mol. The van der Waals surface area contributed by atoms with E-state index >= 15 is 0 Å². The van der Waals surface area contributed by atoms with E-state index in [-0.39, 0.29) is 56.8 Å². The number of urea groups is 1. The fourth-order valence-corrected chi connectivity index (χ4v) is 4.13. The Morgan fingerprint density at radius 2 is 1.69 bits per heavy atom. The summed E-state index contributed by atoms with van der Waals surface area (Å²) in [5.74, 6) is 0.891. The Morgan fingerprint density at radius 1 is 1.03 bits per heavy atom. The molecule has 0 aliphatic heterocycles. The van der Waals surface area contributed by atoms with E-state index in [0.29, 0.717) is 0 Å². The van der Waals surface area contributed by atoms with Crippen molar-refractivity contribution in [2.75, 3.05) is 29.8 Å². The lowest BCUT2D eigenvalue weighted by Crippen LogP contribution is -2.35. The van der Waals surface area contributed by atoms with E-state index in [0.717, 1.165) is 5.56 Å². The van der Waals surface area contributed by atoms with Crippen molar-refractivity contribution in [2.45, 2.75) is 6.54 Å². The quantitative estimate of drug-likeness (QED) is 0.180. The Balaban J connectivity index is 1.71. The zero-order valence-electron chi connectivity index (χ0n) is 20.6. The lowest BCUT2D eigenvalue weighted by atomic mass is 10.2. The predicted molar refractivity (Wildman–Crippen MR) is 147 cm³/mol. The van der Waals surface area contributed by atoms with Gasteiger partial charge in [-0.3, -0.25) is 20.0 Å². The highest BCUT2D eigenvalue weighted by molar-refractivity contribution is 6.41. The fraction of sp³-hybridized carbons (Fsp3) is 0.120. The lowest BCUT2D eigenvalue weighted by molar-refractivity contribution is -0.383. The van der Waals surface area contributed by atoms with E-state index in [1.165, 1.54) is 43.6 Å². The Morgan fingerprint density at radius 3 is 2.33 bits per heavy atom. The van der Waals surface area contributed by atoms with Crippen LogP contribution >= 0.6 is 23.2 Å². The van der Waals surface area contributed by atoms with Gasteiger partial charge >= 0.3 is 6.03 Å². The van der Waals surface area contributed by atoms with Crippen LogP contribution in [0.2, 0.25) is 10.0 Å². The maximum Gasteiger partial charge on any atom is 0.327 e. The van der Waals surface area contributed by atoms with E-state index in [1.54, 1.807) is 42.7 Å². The number of hydrogen-bond acceptors (Lipinski definition) is 9. The molecule has 2 aromatic heterocycles. The number of para-hydroxylation sites is 2. The highest BCUT2D eigenvalue weighted by Crippen LogP contribution is 2.44. The number of halogens is 2. The van der Waals surface area contributed by atoms with Gasteiger partial charge in [0.1, 0.15) is 45.2 Å². The lowest BCUT2D eigenvalue weighted by Gasteiger charge is -2.24. The van der Waals surface area contributed by atoms with Gasteiger partial charge in [-0.2, -0.15) is 0 Å². The van der Waals surface area contributed by atoms with E-state index in [2.05, 4.69) is 25.6 Å². The summed E-state index contributed by atoms with van der Waals surface area (Å²) in [7, 11) is 2.84. The van der Waals surface area contributed by atoms with Crippen LogP contribution in [0, 0.1) is 10.1 Å². The fourth-order valence-electron chi connectivity index (χ4n) is 3.54. The topological polar surface area (TPSA) is 145 Å². The Hall–Kier alpha value is -4.68. The highest BCUT2D eigenvalue weighted by atomic mass is 35.5. The van der Waals surface area contributed by atoms with Crippen molar-refractivity contribution in [3.8, 4) is 11.5 Å². The van der Waals surface area contributed by atoms with Crippen LogP contribution in [0.3, 0.4) is 0 Å². The van der Waals surface area contributed by atoms with Gasteiger partial charge in [0.05, 0.1) is 31.4 Å². The van der Waals surface area contributed by atoms with Crippen LogP contribution in [0.15, 0.2) is 67.3 Å². The summed E-state index contributed by atoms with van der Waals surface area (Å²) < 4.78 is 10.6. The minimum atomic E-state index is -0.638. The van der Waals surface area contributed by atoms with Crippen LogP contribution in [0.1, 0.15) is 5.56 Å². The molecule has 0 saturated carbocycles. The normalized spacial score (nSPS) is 10.5. The van der Waals surface area contributed by atoms with Crippen LogP contribution in [0.5, 0.6) is 11.5 Å². The average Bonchev–Trinajstić information content (AvgIpc) is 2.95. The Bertz CT molecular complexity index is 1480. The largest absolute Gasteiger partial charge is 0.495 e. The number of carbonyl (C=O) groups excluding carboxylic acids is 1. The van der Waals surface area contributed by atoms with Crippen molar-refractivity contribution in [3.05, 3.63) is 93.0 Å². The summed E-state index contributed by atoms with van der Waals surface area (Å²) >= 11 is 12.9. The Labute approximate surface area is 232 Å². The molecule has 2 N–H and O–H groups in total. The van der Waals surface area contributed by atoms with Gasteiger partial charge < -0.3 is 20.1 Å². The first-order valence-electron chi connectivity index (χ1n) is 11.2. The first-order valence-corrected chi connectivity index (χ1v) is 12.0. The molecule has 12 nitrogen and oxygen atoms in total. The number of hydrogen-bond donors (Lipinski definition) is 2. The Kier molecular flexibility index (Phi) is 8.59. The summed E-state index contributed by atoms with van der Waals surface area (Å²) in [6, 6.07) is 11.9. The molecule has 200 valence electrons. The first kappa shape index (κ1) is 27.4. The molecule has 0 aliphatic rings. The molecule has 0 aliphatic carbocycles. The predicted octanol–water partition coefficient (Wildman–Crippen LogP) is 6.09. The summed E-state index contributed by atoms with van der Waals surface area (Å²) in [6.45, 7) is 0.0760. The molecular formula is C25H21Cl2N7O5. The smallest absolute Gasteiger partial charge is 0.327 e. The second-order valence-electron chi connectivity index (χ2n) is 7.82. The van der Waals surface area contributed by atoms with E-state index < -0.39 is 11.0 Å². The van der Waals surface area contributed by atoms with Crippen molar-refractivity contribution in [1.29, 1.82) is 0 Å². The summed E-state index contributed by atoms with van der Waals surface area (Å²) in [6.07, 6.45) is 4.41. The number of carbonyl (C=O) groups is 1. The van der Waals surface area contributed by atoms with Crippen LogP contribution in [-0.2, 0) is 6.54 Å².